The van der Waals surface area contributed by atoms with Gasteiger partial charge in [0.2, 0.25) is 11.8 Å². The highest BCUT2D eigenvalue weighted by Gasteiger charge is 2.30. The molecule has 1 aromatic carbocycles. The van der Waals surface area contributed by atoms with Gasteiger partial charge in [-0.2, -0.15) is 0 Å². The average molecular weight is 572 g/mol. The summed E-state index contributed by atoms with van der Waals surface area (Å²) in [4.78, 5) is 55.2. The predicted molar refractivity (Wildman–Crippen MR) is 154 cm³/mol. The minimum Gasteiger partial charge on any atom is -0.352 e. The van der Waals surface area contributed by atoms with E-state index in [1.165, 1.54) is 30.6 Å². The molecule has 0 atom stereocenters. The van der Waals surface area contributed by atoms with Crippen molar-refractivity contribution < 1.29 is 19.2 Å². The van der Waals surface area contributed by atoms with E-state index in [1.54, 1.807) is 18.2 Å². The van der Waals surface area contributed by atoms with E-state index in [0.29, 0.717) is 40.7 Å². The van der Waals surface area contributed by atoms with Crippen molar-refractivity contribution in [2.75, 3.05) is 44.2 Å². The standard InChI is InChI=1S/C30H42ClN5O4/c31-25-7-6-23(19-26(25)36-17-12-27(37)33-30(36)40)29(39)35-15-10-22(11-16-35)18-21-8-13-34(14-9-21)20-28(38)32-24-4-2-1-3-5-24/h6-7,19,21-22,24H,1-5,8-18,20H2,(H,32,38)(H,33,37,40). The zero-order valence-electron chi connectivity index (χ0n) is 23.3. The Kier molecular flexibility index (Phi) is 9.63. The molecule has 0 unspecified atom stereocenters. The molecule has 3 aliphatic heterocycles. The van der Waals surface area contributed by atoms with Gasteiger partial charge in [-0.15, -0.1) is 0 Å². The predicted octanol–water partition coefficient (Wildman–Crippen LogP) is 4.19. The van der Waals surface area contributed by atoms with E-state index in [4.69, 9.17) is 11.6 Å². The van der Waals surface area contributed by atoms with Crippen LogP contribution < -0.4 is 15.5 Å². The molecule has 218 valence electrons. The number of amides is 5. The van der Waals surface area contributed by atoms with Gasteiger partial charge in [0.1, 0.15) is 0 Å². The number of carbonyl (C=O) groups is 4. The first-order chi connectivity index (χ1) is 19.4. The van der Waals surface area contributed by atoms with E-state index in [0.717, 1.165) is 64.7 Å². The highest BCUT2D eigenvalue weighted by molar-refractivity contribution is 6.34. The average Bonchev–Trinajstić information content (AvgIpc) is 2.95. The molecule has 1 saturated carbocycles. The lowest BCUT2D eigenvalue weighted by atomic mass is 9.82. The number of piperidine rings is 2. The Bertz CT molecular complexity index is 1090. The zero-order valence-corrected chi connectivity index (χ0v) is 24.1. The van der Waals surface area contributed by atoms with Crippen LogP contribution in [0.3, 0.4) is 0 Å². The highest BCUT2D eigenvalue weighted by Crippen LogP contribution is 2.32. The van der Waals surface area contributed by atoms with Gasteiger partial charge in [0.25, 0.3) is 5.91 Å². The Labute approximate surface area is 241 Å². The molecule has 4 fully saturated rings. The van der Waals surface area contributed by atoms with Gasteiger partial charge in [0.15, 0.2) is 0 Å². The molecule has 2 N–H and O–H groups in total. The summed E-state index contributed by atoms with van der Waals surface area (Å²) in [5.74, 6) is 1.13. The Morgan fingerprint density at radius 3 is 2.25 bits per heavy atom. The van der Waals surface area contributed by atoms with Gasteiger partial charge in [-0.3, -0.25) is 29.5 Å². The molecular formula is C30H42ClN5O4. The second-order valence-corrected chi connectivity index (χ2v) is 12.4. The molecule has 5 rings (SSSR count). The summed E-state index contributed by atoms with van der Waals surface area (Å²) in [5.41, 5.74) is 0.952. The third kappa shape index (κ3) is 7.35. The van der Waals surface area contributed by atoms with Gasteiger partial charge >= 0.3 is 6.03 Å². The minimum absolute atomic E-state index is 0.0512. The molecule has 0 aromatic heterocycles. The summed E-state index contributed by atoms with van der Waals surface area (Å²) in [6, 6.07) is 4.87. The minimum atomic E-state index is -0.517. The monoisotopic (exact) mass is 571 g/mol. The molecule has 1 aliphatic carbocycles. The Morgan fingerprint density at radius 1 is 0.900 bits per heavy atom. The van der Waals surface area contributed by atoms with E-state index in [9.17, 15) is 19.2 Å². The number of hydrogen-bond acceptors (Lipinski definition) is 5. The van der Waals surface area contributed by atoms with Crippen LogP contribution in [0.4, 0.5) is 10.5 Å². The van der Waals surface area contributed by atoms with Crippen LogP contribution in [0, 0.1) is 11.8 Å². The summed E-state index contributed by atoms with van der Waals surface area (Å²) >= 11 is 6.35. The molecule has 3 saturated heterocycles. The van der Waals surface area contributed by atoms with Gasteiger partial charge in [-0.25, -0.2) is 4.79 Å². The number of imide groups is 1. The van der Waals surface area contributed by atoms with E-state index in [-0.39, 0.29) is 30.7 Å². The van der Waals surface area contributed by atoms with Crippen LogP contribution in [0.1, 0.15) is 81.0 Å². The van der Waals surface area contributed by atoms with E-state index in [2.05, 4.69) is 15.5 Å². The zero-order chi connectivity index (χ0) is 28.1. The third-order valence-electron chi connectivity index (χ3n) is 9.15. The molecule has 0 bridgehead atoms. The molecule has 0 radical (unpaired) electrons. The van der Waals surface area contributed by atoms with Crippen molar-refractivity contribution in [1.82, 2.24) is 20.4 Å². The summed E-state index contributed by atoms with van der Waals surface area (Å²) in [7, 11) is 0. The molecule has 3 heterocycles. The summed E-state index contributed by atoms with van der Waals surface area (Å²) < 4.78 is 0. The van der Waals surface area contributed by atoms with Gasteiger partial charge in [-0.1, -0.05) is 30.9 Å². The smallest absolute Gasteiger partial charge is 0.328 e. The second-order valence-electron chi connectivity index (χ2n) is 12.0. The van der Waals surface area contributed by atoms with Crippen molar-refractivity contribution in [1.29, 1.82) is 0 Å². The number of carbonyl (C=O) groups excluding carboxylic acids is 4. The topological polar surface area (TPSA) is 102 Å². The van der Waals surface area contributed by atoms with Gasteiger partial charge < -0.3 is 10.2 Å². The van der Waals surface area contributed by atoms with Crippen LogP contribution in [0.15, 0.2) is 18.2 Å². The fourth-order valence-corrected chi connectivity index (χ4v) is 7.00. The van der Waals surface area contributed by atoms with Crippen LogP contribution in [-0.2, 0) is 9.59 Å². The van der Waals surface area contributed by atoms with E-state index >= 15 is 0 Å². The van der Waals surface area contributed by atoms with Crippen molar-refractivity contribution in [2.45, 2.75) is 76.7 Å². The lowest BCUT2D eigenvalue weighted by Gasteiger charge is -2.37. The molecule has 1 aromatic rings. The number of nitrogens with one attached hydrogen (secondary N) is 2. The Hall–Kier alpha value is -2.65. The van der Waals surface area contributed by atoms with Crippen molar-refractivity contribution in [2.24, 2.45) is 11.8 Å². The lowest BCUT2D eigenvalue weighted by molar-refractivity contribution is -0.123. The number of halogens is 1. The number of anilines is 1. The fourth-order valence-electron chi connectivity index (χ4n) is 6.78. The molecule has 10 heteroatoms. The maximum atomic E-state index is 13.3. The first-order valence-corrected chi connectivity index (χ1v) is 15.5. The van der Waals surface area contributed by atoms with Gasteiger partial charge in [-0.05, 0) is 88.1 Å². The van der Waals surface area contributed by atoms with Gasteiger partial charge in [0.05, 0.1) is 17.3 Å². The first-order valence-electron chi connectivity index (χ1n) is 15.1. The summed E-state index contributed by atoms with van der Waals surface area (Å²) in [5, 5.41) is 5.92. The molecular weight excluding hydrogens is 530 g/mol. The Balaban J connectivity index is 1.05. The largest absolute Gasteiger partial charge is 0.352 e. The SMILES string of the molecule is O=C1CCN(c2cc(C(=O)N3CCC(CC4CCN(CC(=O)NC5CCCCC5)CC4)CC3)ccc2Cl)C(=O)N1. The molecule has 40 heavy (non-hydrogen) atoms. The van der Waals surface area contributed by atoms with E-state index < -0.39 is 6.03 Å². The quantitative estimate of drug-likeness (QED) is 0.511. The number of likely N-dealkylation sites (tertiary alicyclic amines) is 2. The molecule has 9 nitrogen and oxygen atoms in total. The van der Waals surface area contributed by atoms with Crippen LogP contribution in [0.2, 0.25) is 5.02 Å². The maximum absolute atomic E-state index is 13.3. The Morgan fingerprint density at radius 2 is 1.57 bits per heavy atom. The fraction of sp³-hybridized carbons (Fsp3) is 0.667. The third-order valence-corrected chi connectivity index (χ3v) is 9.47. The summed E-state index contributed by atoms with van der Waals surface area (Å²) in [6.07, 6.45) is 11.7. The van der Waals surface area contributed by atoms with E-state index in [1.807, 2.05) is 4.90 Å². The van der Waals surface area contributed by atoms with Crippen LogP contribution in [0.5, 0.6) is 0 Å². The number of rotatable bonds is 7. The van der Waals surface area contributed by atoms with Crippen molar-refractivity contribution in [3.63, 3.8) is 0 Å². The van der Waals surface area contributed by atoms with Crippen molar-refractivity contribution >= 4 is 41.0 Å². The van der Waals surface area contributed by atoms with Gasteiger partial charge in [0, 0.05) is 37.7 Å². The van der Waals surface area contributed by atoms with Crippen LogP contribution >= 0.6 is 11.6 Å². The number of nitrogens with zero attached hydrogens (tertiary/aromatic N) is 3. The maximum Gasteiger partial charge on any atom is 0.328 e. The highest BCUT2D eigenvalue weighted by atomic mass is 35.5. The van der Waals surface area contributed by atoms with Crippen molar-refractivity contribution in [3.05, 3.63) is 28.8 Å². The summed E-state index contributed by atoms with van der Waals surface area (Å²) in [6.45, 7) is 4.18. The molecule has 4 aliphatic rings. The van der Waals surface area contributed by atoms with Crippen LogP contribution in [-0.4, -0.2) is 78.9 Å². The molecule has 5 amide bonds. The number of urea groups is 1. The van der Waals surface area contributed by atoms with Crippen LogP contribution in [0.25, 0.3) is 0 Å². The number of benzene rings is 1. The molecule has 0 spiro atoms. The second kappa shape index (κ2) is 13.3. The first kappa shape index (κ1) is 28.9. The lowest BCUT2D eigenvalue weighted by Crippen LogP contribution is -2.49. The number of hydrogen-bond donors (Lipinski definition) is 2. The van der Waals surface area contributed by atoms with Crippen molar-refractivity contribution in [3.8, 4) is 0 Å². The normalized spacial score (nSPS) is 22.3.